The van der Waals surface area contributed by atoms with E-state index in [-0.39, 0.29) is 11.5 Å². The third kappa shape index (κ3) is 3.47. The molecule has 0 radical (unpaired) electrons. The fraction of sp³-hybridized carbons (Fsp3) is 0.571. The lowest BCUT2D eigenvalue weighted by atomic mass is 9.90. The third-order valence-electron chi connectivity index (χ3n) is 2.99. The minimum atomic E-state index is 0.0121. The predicted molar refractivity (Wildman–Crippen MR) is 90.8 cm³/mol. The number of rotatable bonds is 5. The first-order valence-electron chi connectivity index (χ1n) is 6.74. The van der Waals surface area contributed by atoms with Gasteiger partial charge in [0, 0.05) is 14.8 Å². The number of nitrogens with one attached hydrogen (secondary N) is 1. The molecule has 110 valence electrons. The van der Waals surface area contributed by atoms with E-state index in [2.05, 4.69) is 70.0 Å². The summed E-state index contributed by atoms with van der Waals surface area (Å²) in [6.07, 6.45) is 1.11. The van der Waals surface area contributed by atoms with Crippen LogP contribution in [0.1, 0.15) is 55.6 Å². The van der Waals surface area contributed by atoms with Gasteiger partial charge in [0.25, 0.3) is 0 Å². The van der Waals surface area contributed by atoms with Crippen LogP contribution in [0, 0.1) is 0 Å². The lowest BCUT2D eigenvalue weighted by Crippen LogP contribution is -2.25. The molecule has 1 unspecified atom stereocenters. The summed E-state index contributed by atoms with van der Waals surface area (Å²) < 4.78 is 5.35. The van der Waals surface area contributed by atoms with Gasteiger partial charge in [-0.1, -0.05) is 32.2 Å². The largest absolute Gasteiger partial charge is 0.305 e. The Kier molecular flexibility index (Phi) is 5.34. The molecule has 0 amide bonds. The van der Waals surface area contributed by atoms with Crippen LogP contribution >= 0.6 is 38.8 Å². The summed E-state index contributed by atoms with van der Waals surface area (Å²) in [4.78, 5) is 2.53. The van der Waals surface area contributed by atoms with Crippen molar-refractivity contribution in [1.82, 2.24) is 14.9 Å². The van der Waals surface area contributed by atoms with Crippen molar-refractivity contribution in [2.45, 2.75) is 45.6 Å². The van der Waals surface area contributed by atoms with Crippen LogP contribution in [0.15, 0.2) is 15.9 Å². The molecule has 0 aliphatic rings. The second kappa shape index (κ2) is 6.64. The fourth-order valence-corrected chi connectivity index (χ4v) is 4.72. The summed E-state index contributed by atoms with van der Waals surface area (Å²) >= 11 is 6.93. The smallest absolute Gasteiger partial charge is 0.0860 e. The average Bonchev–Trinajstić information content (AvgIpc) is 2.99. The van der Waals surface area contributed by atoms with E-state index < -0.39 is 0 Å². The molecule has 0 saturated carbocycles. The Hall–Kier alpha value is -0.300. The zero-order valence-electron chi connectivity index (χ0n) is 12.2. The maximum absolute atomic E-state index is 4.37. The predicted octanol–water partition coefficient (Wildman–Crippen LogP) is 4.75. The third-order valence-corrected chi connectivity index (χ3v) is 5.72. The zero-order valence-corrected chi connectivity index (χ0v) is 15.5. The second-order valence-corrected chi connectivity index (χ2v) is 8.34. The topological polar surface area (TPSA) is 37.8 Å². The Morgan fingerprint density at radius 1 is 1.35 bits per heavy atom. The molecule has 2 aromatic heterocycles. The van der Waals surface area contributed by atoms with Crippen molar-refractivity contribution in [3.05, 3.63) is 31.4 Å². The molecule has 2 rings (SSSR count). The average molecular weight is 374 g/mol. The molecule has 1 atom stereocenters. The van der Waals surface area contributed by atoms with E-state index >= 15 is 0 Å². The number of hydrogen-bond donors (Lipinski definition) is 1. The lowest BCUT2D eigenvalue weighted by Gasteiger charge is -2.22. The summed E-state index contributed by atoms with van der Waals surface area (Å²) in [6.45, 7) is 9.73. The Labute approximate surface area is 137 Å². The van der Waals surface area contributed by atoms with Gasteiger partial charge in [0.15, 0.2) is 0 Å². The monoisotopic (exact) mass is 373 g/mol. The number of halogens is 1. The van der Waals surface area contributed by atoms with E-state index in [1.54, 1.807) is 11.3 Å². The van der Waals surface area contributed by atoms with E-state index in [0.29, 0.717) is 0 Å². The number of hydrogen-bond acceptors (Lipinski definition) is 5. The molecular weight excluding hydrogens is 354 g/mol. The van der Waals surface area contributed by atoms with Crippen LogP contribution in [-0.2, 0) is 5.41 Å². The summed E-state index contributed by atoms with van der Waals surface area (Å²) in [5.74, 6) is 0. The molecule has 3 nitrogen and oxygen atoms in total. The Balaban J connectivity index is 2.42. The highest BCUT2D eigenvalue weighted by Crippen LogP contribution is 2.38. The van der Waals surface area contributed by atoms with Crippen LogP contribution in [0.25, 0.3) is 0 Å². The summed E-state index contributed by atoms with van der Waals surface area (Å²) in [5.41, 5.74) is 1.11. The standard InChI is InChI=1S/C14H20BrN3S2/c1-5-7-16-10(11-9(15)6-8-19-11)12-13(14(2,3)4)17-18-20-12/h6,8,10,16H,5,7H2,1-4H3. The molecule has 0 bridgehead atoms. The quantitative estimate of drug-likeness (QED) is 0.821. The number of thiophene rings is 1. The molecule has 0 aliphatic carbocycles. The molecule has 1 N–H and O–H groups in total. The van der Waals surface area contributed by atoms with Crippen LogP contribution in [-0.4, -0.2) is 16.1 Å². The van der Waals surface area contributed by atoms with E-state index in [4.69, 9.17) is 0 Å². The minimum absolute atomic E-state index is 0.0121. The van der Waals surface area contributed by atoms with Gasteiger partial charge in [-0.2, -0.15) is 0 Å². The van der Waals surface area contributed by atoms with Crippen LogP contribution in [0.5, 0.6) is 0 Å². The van der Waals surface area contributed by atoms with Gasteiger partial charge in [-0.15, -0.1) is 16.4 Å². The van der Waals surface area contributed by atoms with Crippen molar-refractivity contribution >= 4 is 38.8 Å². The van der Waals surface area contributed by atoms with Gasteiger partial charge >= 0.3 is 0 Å². The first kappa shape index (κ1) is 16.1. The molecule has 2 heterocycles. The van der Waals surface area contributed by atoms with Crippen LogP contribution < -0.4 is 5.32 Å². The van der Waals surface area contributed by atoms with Crippen LogP contribution in [0.3, 0.4) is 0 Å². The first-order chi connectivity index (χ1) is 9.45. The summed E-state index contributed by atoms with van der Waals surface area (Å²) in [6, 6.07) is 2.28. The maximum Gasteiger partial charge on any atom is 0.0860 e. The second-order valence-electron chi connectivity index (χ2n) is 5.76. The van der Waals surface area contributed by atoms with Crippen molar-refractivity contribution < 1.29 is 0 Å². The van der Waals surface area contributed by atoms with Gasteiger partial charge < -0.3 is 5.32 Å². The van der Waals surface area contributed by atoms with E-state index in [0.717, 1.165) is 23.1 Å². The Morgan fingerprint density at radius 2 is 2.10 bits per heavy atom. The first-order valence-corrected chi connectivity index (χ1v) is 9.18. The zero-order chi connectivity index (χ0) is 14.8. The molecule has 6 heteroatoms. The van der Waals surface area contributed by atoms with Crippen molar-refractivity contribution in [2.75, 3.05) is 6.54 Å². The molecule has 2 aromatic rings. The molecule has 20 heavy (non-hydrogen) atoms. The van der Waals surface area contributed by atoms with Gasteiger partial charge in [0.2, 0.25) is 0 Å². The highest BCUT2D eigenvalue weighted by Gasteiger charge is 2.29. The Morgan fingerprint density at radius 3 is 2.65 bits per heavy atom. The van der Waals surface area contributed by atoms with Crippen molar-refractivity contribution in [2.24, 2.45) is 0 Å². The van der Waals surface area contributed by atoms with Crippen LogP contribution in [0.2, 0.25) is 0 Å². The van der Waals surface area contributed by atoms with E-state index in [1.807, 2.05) is 0 Å². The van der Waals surface area contributed by atoms with E-state index in [1.165, 1.54) is 21.3 Å². The SMILES string of the molecule is CCCNC(c1sccc1Br)c1snnc1C(C)(C)C. The van der Waals surface area contributed by atoms with E-state index in [9.17, 15) is 0 Å². The molecular formula is C14H20BrN3S2. The highest BCUT2D eigenvalue weighted by molar-refractivity contribution is 9.10. The minimum Gasteiger partial charge on any atom is -0.305 e. The van der Waals surface area contributed by atoms with Gasteiger partial charge in [0.05, 0.1) is 16.6 Å². The maximum atomic E-state index is 4.37. The summed E-state index contributed by atoms with van der Waals surface area (Å²) in [5, 5.41) is 10.1. The normalized spacial score (nSPS) is 13.7. The highest BCUT2D eigenvalue weighted by atomic mass is 79.9. The van der Waals surface area contributed by atoms with Crippen molar-refractivity contribution in [3.63, 3.8) is 0 Å². The summed E-state index contributed by atoms with van der Waals surface area (Å²) in [7, 11) is 0. The fourth-order valence-electron chi connectivity index (χ4n) is 2.01. The Bertz CT molecular complexity index is 557. The number of nitrogens with zero attached hydrogens (tertiary/aromatic N) is 2. The van der Waals surface area contributed by atoms with Crippen LogP contribution in [0.4, 0.5) is 0 Å². The van der Waals surface area contributed by atoms with Crippen molar-refractivity contribution in [3.8, 4) is 0 Å². The van der Waals surface area contributed by atoms with Gasteiger partial charge in [0.1, 0.15) is 0 Å². The molecule has 0 aliphatic heterocycles. The molecule has 0 aromatic carbocycles. The van der Waals surface area contributed by atoms with Gasteiger partial charge in [-0.3, -0.25) is 0 Å². The lowest BCUT2D eigenvalue weighted by molar-refractivity contribution is 0.539. The van der Waals surface area contributed by atoms with Gasteiger partial charge in [-0.05, 0) is 51.9 Å². The number of aromatic nitrogens is 2. The van der Waals surface area contributed by atoms with Gasteiger partial charge in [-0.25, -0.2) is 0 Å². The molecule has 0 saturated heterocycles. The van der Waals surface area contributed by atoms with Crippen molar-refractivity contribution in [1.29, 1.82) is 0 Å². The molecule has 0 fully saturated rings. The molecule has 0 spiro atoms.